The number of methoxy groups -OCH3 is 1. The monoisotopic (exact) mass is 255 g/mol. The molecule has 4 nitrogen and oxygen atoms in total. The highest BCUT2D eigenvalue weighted by atomic mass is 16.5. The van der Waals surface area contributed by atoms with E-state index in [0.717, 1.165) is 51.5 Å². The van der Waals surface area contributed by atoms with E-state index in [4.69, 9.17) is 4.74 Å². The standard InChI is InChI=1S/C14H25NO3/c1-18-13(16)12-7-3-6-10-15(12)11-14(17)8-4-2-5-9-14/h12,17H,2-11H2,1H3. The Morgan fingerprint density at radius 1 is 1.28 bits per heavy atom. The van der Waals surface area contributed by atoms with Gasteiger partial charge in [0.2, 0.25) is 0 Å². The summed E-state index contributed by atoms with van der Waals surface area (Å²) in [6, 6.07) is -0.144. The molecular formula is C14H25NO3. The van der Waals surface area contributed by atoms with Gasteiger partial charge in [0.05, 0.1) is 12.7 Å². The highest BCUT2D eigenvalue weighted by Crippen LogP contribution is 2.31. The molecule has 2 rings (SSSR count). The van der Waals surface area contributed by atoms with Crippen molar-refractivity contribution in [2.24, 2.45) is 0 Å². The lowest BCUT2D eigenvalue weighted by Gasteiger charge is -2.41. The number of likely N-dealkylation sites (tertiary alicyclic amines) is 1. The second-order valence-electron chi connectivity index (χ2n) is 5.79. The van der Waals surface area contributed by atoms with E-state index >= 15 is 0 Å². The van der Waals surface area contributed by atoms with Crippen molar-refractivity contribution in [2.45, 2.75) is 63.0 Å². The van der Waals surface area contributed by atoms with Crippen LogP contribution in [-0.4, -0.2) is 47.8 Å². The Bertz CT molecular complexity index is 287. The van der Waals surface area contributed by atoms with Gasteiger partial charge in [-0.05, 0) is 32.2 Å². The Morgan fingerprint density at radius 3 is 2.67 bits per heavy atom. The maximum Gasteiger partial charge on any atom is 0.323 e. The normalized spacial score (nSPS) is 28.9. The molecule has 1 aliphatic heterocycles. The van der Waals surface area contributed by atoms with E-state index in [0.29, 0.717) is 6.54 Å². The maximum atomic E-state index is 11.8. The van der Waals surface area contributed by atoms with E-state index < -0.39 is 5.60 Å². The van der Waals surface area contributed by atoms with E-state index in [9.17, 15) is 9.90 Å². The third kappa shape index (κ3) is 3.23. The maximum absolute atomic E-state index is 11.8. The molecule has 0 aromatic carbocycles. The van der Waals surface area contributed by atoms with Crippen LogP contribution >= 0.6 is 0 Å². The number of carbonyl (C=O) groups is 1. The van der Waals surface area contributed by atoms with Crippen molar-refractivity contribution in [3.8, 4) is 0 Å². The van der Waals surface area contributed by atoms with Crippen LogP contribution in [0, 0.1) is 0 Å². The molecule has 0 bridgehead atoms. The van der Waals surface area contributed by atoms with Gasteiger partial charge in [-0.2, -0.15) is 0 Å². The molecule has 0 aromatic rings. The molecule has 1 aliphatic carbocycles. The van der Waals surface area contributed by atoms with Crippen LogP contribution in [0.2, 0.25) is 0 Å². The summed E-state index contributed by atoms with van der Waals surface area (Å²) < 4.78 is 4.88. The zero-order chi connectivity index (χ0) is 13.0. The third-order valence-corrected chi connectivity index (χ3v) is 4.37. The van der Waals surface area contributed by atoms with Gasteiger partial charge in [-0.1, -0.05) is 25.7 Å². The summed E-state index contributed by atoms with van der Waals surface area (Å²) in [5.74, 6) is -0.144. The van der Waals surface area contributed by atoms with Crippen LogP contribution in [0.4, 0.5) is 0 Å². The van der Waals surface area contributed by atoms with Crippen LogP contribution < -0.4 is 0 Å². The average Bonchev–Trinajstić information content (AvgIpc) is 2.39. The number of piperidine rings is 1. The Hall–Kier alpha value is -0.610. The molecule has 0 radical (unpaired) electrons. The van der Waals surface area contributed by atoms with Gasteiger partial charge in [0.25, 0.3) is 0 Å². The highest BCUT2D eigenvalue weighted by molar-refractivity contribution is 5.75. The van der Waals surface area contributed by atoms with Gasteiger partial charge in [-0.15, -0.1) is 0 Å². The van der Waals surface area contributed by atoms with Crippen LogP contribution in [0.5, 0.6) is 0 Å². The van der Waals surface area contributed by atoms with Crippen LogP contribution in [0.25, 0.3) is 0 Å². The van der Waals surface area contributed by atoms with Crippen molar-refractivity contribution in [1.29, 1.82) is 0 Å². The molecule has 2 aliphatic rings. The van der Waals surface area contributed by atoms with Crippen molar-refractivity contribution < 1.29 is 14.6 Å². The van der Waals surface area contributed by atoms with Crippen molar-refractivity contribution >= 4 is 5.97 Å². The molecule has 1 unspecified atom stereocenters. The fourth-order valence-electron chi connectivity index (χ4n) is 3.33. The molecule has 104 valence electrons. The minimum atomic E-state index is -0.581. The summed E-state index contributed by atoms with van der Waals surface area (Å²) in [5, 5.41) is 10.6. The summed E-state index contributed by atoms with van der Waals surface area (Å²) in [6.07, 6.45) is 8.24. The number of esters is 1. The molecule has 18 heavy (non-hydrogen) atoms. The first-order valence-corrected chi connectivity index (χ1v) is 7.19. The Kier molecular flexibility index (Phi) is 4.62. The number of hydrogen-bond acceptors (Lipinski definition) is 4. The fourth-order valence-corrected chi connectivity index (χ4v) is 3.33. The number of nitrogens with zero attached hydrogens (tertiary/aromatic N) is 1. The highest BCUT2D eigenvalue weighted by Gasteiger charge is 2.37. The van der Waals surface area contributed by atoms with Crippen LogP contribution in [0.1, 0.15) is 51.4 Å². The number of rotatable bonds is 3. The van der Waals surface area contributed by atoms with Gasteiger partial charge in [0.1, 0.15) is 6.04 Å². The van der Waals surface area contributed by atoms with E-state index in [1.165, 1.54) is 13.5 Å². The average molecular weight is 255 g/mol. The second-order valence-corrected chi connectivity index (χ2v) is 5.79. The third-order valence-electron chi connectivity index (χ3n) is 4.37. The molecular weight excluding hydrogens is 230 g/mol. The lowest BCUT2D eigenvalue weighted by Crippen LogP contribution is -2.52. The number of carbonyl (C=O) groups excluding carboxylic acids is 1. The lowest BCUT2D eigenvalue weighted by molar-refractivity contribution is -0.150. The van der Waals surface area contributed by atoms with Crippen LogP contribution in [-0.2, 0) is 9.53 Å². The van der Waals surface area contributed by atoms with Crippen molar-refractivity contribution in [3.63, 3.8) is 0 Å². The summed E-state index contributed by atoms with van der Waals surface area (Å²) in [6.45, 7) is 1.54. The molecule has 0 spiro atoms. The summed E-state index contributed by atoms with van der Waals surface area (Å²) in [5.41, 5.74) is -0.581. The molecule has 1 atom stereocenters. The number of hydrogen-bond donors (Lipinski definition) is 1. The predicted molar refractivity (Wildman–Crippen MR) is 69.3 cm³/mol. The van der Waals surface area contributed by atoms with Crippen LogP contribution in [0.15, 0.2) is 0 Å². The van der Waals surface area contributed by atoms with Crippen molar-refractivity contribution in [3.05, 3.63) is 0 Å². The Labute approximate surface area is 109 Å². The van der Waals surface area contributed by atoms with Crippen molar-refractivity contribution in [2.75, 3.05) is 20.2 Å². The largest absolute Gasteiger partial charge is 0.468 e. The van der Waals surface area contributed by atoms with Gasteiger partial charge in [0.15, 0.2) is 0 Å². The molecule has 1 saturated heterocycles. The SMILES string of the molecule is COC(=O)C1CCCCN1CC1(O)CCCCC1. The van der Waals surface area contributed by atoms with Gasteiger partial charge in [-0.3, -0.25) is 9.69 Å². The summed E-state index contributed by atoms with van der Waals surface area (Å²) in [7, 11) is 1.45. The molecule has 1 N–H and O–H groups in total. The first kappa shape index (κ1) is 13.8. The molecule has 0 amide bonds. The van der Waals surface area contributed by atoms with Gasteiger partial charge >= 0.3 is 5.97 Å². The fraction of sp³-hybridized carbons (Fsp3) is 0.929. The second kappa shape index (κ2) is 6.02. The van der Waals surface area contributed by atoms with Gasteiger partial charge in [-0.25, -0.2) is 0 Å². The zero-order valence-electron chi connectivity index (χ0n) is 11.4. The summed E-state index contributed by atoms with van der Waals surface area (Å²) >= 11 is 0. The molecule has 4 heteroatoms. The topological polar surface area (TPSA) is 49.8 Å². The van der Waals surface area contributed by atoms with Gasteiger partial charge in [0, 0.05) is 6.54 Å². The molecule has 1 saturated carbocycles. The minimum absolute atomic E-state index is 0.144. The lowest BCUT2D eigenvalue weighted by atomic mass is 9.83. The van der Waals surface area contributed by atoms with Crippen LogP contribution in [0.3, 0.4) is 0 Å². The minimum Gasteiger partial charge on any atom is -0.468 e. The zero-order valence-corrected chi connectivity index (χ0v) is 11.4. The number of ether oxygens (including phenoxy) is 1. The molecule has 0 aromatic heterocycles. The van der Waals surface area contributed by atoms with Crippen molar-refractivity contribution in [1.82, 2.24) is 4.90 Å². The number of aliphatic hydroxyl groups is 1. The quantitative estimate of drug-likeness (QED) is 0.780. The Balaban J connectivity index is 1.98. The van der Waals surface area contributed by atoms with E-state index in [2.05, 4.69) is 4.90 Å². The van der Waals surface area contributed by atoms with E-state index in [-0.39, 0.29) is 12.0 Å². The number of β-amino-alcohol motifs (C(OH)–C–C–N with tert-alkyl or cyclic N) is 1. The molecule has 1 heterocycles. The molecule has 2 fully saturated rings. The van der Waals surface area contributed by atoms with E-state index in [1.807, 2.05) is 0 Å². The van der Waals surface area contributed by atoms with E-state index in [1.54, 1.807) is 0 Å². The smallest absolute Gasteiger partial charge is 0.323 e. The first-order valence-electron chi connectivity index (χ1n) is 7.19. The van der Waals surface area contributed by atoms with Gasteiger partial charge < -0.3 is 9.84 Å². The first-order chi connectivity index (χ1) is 8.64. The Morgan fingerprint density at radius 2 is 2.00 bits per heavy atom. The predicted octanol–water partition coefficient (Wildman–Crippen LogP) is 1.71. The summed E-state index contributed by atoms with van der Waals surface area (Å²) in [4.78, 5) is 13.9.